The molecule has 3 unspecified atom stereocenters. The van der Waals surface area contributed by atoms with Gasteiger partial charge in [-0.3, -0.25) is 9.59 Å². The van der Waals surface area contributed by atoms with E-state index in [1.54, 1.807) is 13.8 Å². The van der Waals surface area contributed by atoms with Gasteiger partial charge >= 0.3 is 0 Å². The number of piperidine rings is 1. The summed E-state index contributed by atoms with van der Waals surface area (Å²) in [4.78, 5) is 29.6. The first-order valence-electron chi connectivity index (χ1n) is 8.00. The lowest BCUT2D eigenvalue weighted by Gasteiger charge is -2.50. The zero-order valence-electron chi connectivity index (χ0n) is 14.1. The lowest BCUT2D eigenvalue weighted by molar-refractivity contribution is -0.160. The smallest absolute Gasteiger partial charge is 0.248 e. The van der Waals surface area contributed by atoms with Crippen molar-refractivity contribution in [2.75, 3.05) is 13.6 Å². The van der Waals surface area contributed by atoms with Crippen molar-refractivity contribution in [1.82, 2.24) is 15.1 Å². The Bertz CT molecular complexity index is 433. The Hall–Kier alpha value is -1.10. The van der Waals surface area contributed by atoms with Gasteiger partial charge in [0.25, 0.3) is 0 Å². The monoisotopic (exact) mass is 295 g/mol. The zero-order valence-corrected chi connectivity index (χ0v) is 14.1. The third-order valence-corrected chi connectivity index (χ3v) is 4.98. The second kappa shape index (κ2) is 5.59. The Labute approximate surface area is 128 Å². The number of carbonyl (C=O) groups is 2. The van der Waals surface area contributed by atoms with Crippen LogP contribution in [0, 0.1) is 5.92 Å². The van der Waals surface area contributed by atoms with E-state index < -0.39 is 5.54 Å². The summed E-state index contributed by atoms with van der Waals surface area (Å²) >= 11 is 0. The quantitative estimate of drug-likeness (QED) is 0.834. The highest BCUT2D eigenvalue weighted by Crippen LogP contribution is 2.30. The maximum atomic E-state index is 12.9. The molecular formula is C16H29N3O2. The molecular weight excluding hydrogens is 266 g/mol. The fourth-order valence-electron chi connectivity index (χ4n) is 3.54. The minimum atomic E-state index is -0.797. The predicted molar refractivity (Wildman–Crippen MR) is 82.8 cm³/mol. The molecule has 0 bridgehead atoms. The van der Waals surface area contributed by atoms with Crippen molar-refractivity contribution in [3.05, 3.63) is 0 Å². The number of carbonyl (C=O) groups excluding carboxylic acids is 2. The van der Waals surface area contributed by atoms with Gasteiger partial charge < -0.3 is 15.1 Å². The molecule has 0 saturated carbocycles. The van der Waals surface area contributed by atoms with E-state index >= 15 is 0 Å². The summed E-state index contributed by atoms with van der Waals surface area (Å²) in [6, 6.07) is 0.269. The highest BCUT2D eigenvalue weighted by atomic mass is 16.2. The van der Waals surface area contributed by atoms with E-state index in [0.29, 0.717) is 6.04 Å². The molecule has 2 aliphatic heterocycles. The van der Waals surface area contributed by atoms with Crippen molar-refractivity contribution in [1.29, 1.82) is 0 Å². The van der Waals surface area contributed by atoms with E-state index in [1.807, 2.05) is 18.7 Å². The SMILES string of the molecule is CC(C)C1C(=O)NC(C)(C)C(=O)N1C1CCN(C)C(C)C1. The average Bonchev–Trinajstić information content (AvgIpc) is 2.36. The maximum Gasteiger partial charge on any atom is 0.248 e. The van der Waals surface area contributed by atoms with Crippen LogP contribution in [0.5, 0.6) is 0 Å². The summed E-state index contributed by atoms with van der Waals surface area (Å²) in [5, 5.41) is 2.89. The second-order valence-corrected chi connectivity index (χ2v) is 7.52. The summed E-state index contributed by atoms with van der Waals surface area (Å²) in [6.45, 7) is 10.8. The molecule has 0 aliphatic carbocycles. The van der Waals surface area contributed by atoms with Crippen LogP contribution in [0.2, 0.25) is 0 Å². The molecule has 2 amide bonds. The first-order chi connectivity index (χ1) is 9.65. The molecule has 5 heteroatoms. The van der Waals surface area contributed by atoms with Gasteiger partial charge in [-0.15, -0.1) is 0 Å². The van der Waals surface area contributed by atoms with Gasteiger partial charge in [0.15, 0.2) is 0 Å². The molecule has 0 radical (unpaired) electrons. The average molecular weight is 295 g/mol. The van der Waals surface area contributed by atoms with E-state index in [9.17, 15) is 9.59 Å². The molecule has 2 heterocycles. The van der Waals surface area contributed by atoms with Crippen LogP contribution in [-0.2, 0) is 9.59 Å². The van der Waals surface area contributed by atoms with Crippen LogP contribution in [0.25, 0.3) is 0 Å². The molecule has 2 saturated heterocycles. The minimum absolute atomic E-state index is 0.0128. The zero-order chi connectivity index (χ0) is 15.9. The summed E-state index contributed by atoms with van der Waals surface area (Å²) < 4.78 is 0. The molecule has 0 aromatic carbocycles. The van der Waals surface area contributed by atoms with Gasteiger partial charge in [0.1, 0.15) is 11.6 Å². The summed E-state index contributed by atoms with van der Waals surface area (Å²) in [7, 11) is 2.12. The molecule has 3 atom stereocenters. The van der Waals surface area contributed by atoms with Crippen molar-refractivity contribution in [2.45, 2.75) is 71.1 Å². The second-order valence-electron chi connectivity index (χ2n) is 7.52. The van der Waals surface area contributed by atoms with Gasteiger partial charge in [0, 0.05) is 18.6 Å². The van der Waals surface area contributed by atoms with Gasteiger partial charge in [-0.1, -0.05) is 13.8 Å². The van der Waals surface area contributed by atoms with Crippen LogP contribution in [0.4, 0.5) is 0 Å². The number of rotatable bonds is 2. The van der Waals surface area contributed by atoms with E-state index in [4.69, 9.17) is 0 Å². The fraction of sp³-hybridized carbons (Fsp3) is 0.875. The molecule has 21 heavy (non-hydrogen) atoms. The minimum Gasteiger partial charge on any atom is -0.340 e. The third-order valence-electron chi connectivity index (χ3n) is 4.98. The van der Waals surface area contributed by atoms with Gasteiger partial charge in [-0.05, 0) is 46.6 Å². The van der Waals surface area contributed by atoms with Crippen LogP contribution < -0.4 is 5.32 Å². The fourth-order valence-corrected chi connectivity index (χ4v) is 3.54. The number of piperazine rings is 1. The van der Waals surface area contributed by atoms with Crippen LogP contribution in [0.1, 0.15) is 47.5 Å². The molecule has 0 aromatic heterocycles. The summed E-state index contributed by atoms with van der Waals surface area (Å²) in [6.07, 6.45) is 1.88. The first kappa shape index (κ1) is 16.3. The van der Waals surface area contributed by atoms with Gasteiger partial charge in [-0.2, -0.15) is 0 Å². The topological polar surface area (TPSA) is 52.7 Å². The molecule has 0 spiro atoms. The largest absolute Gasteiger partial charge is 0.340 e. The van der Waals surface area contributed by atoms with Crippen molar-refractivity contribution < 1.29 is 9.59 Å². The van der Waals surface area contributed by atoms with Crippen LogP contribution in [-0.4, -0.2) is 58.9 Å². The molecule has 2 fully saturated rings. The van der Waals surface area contributed by atoms with Crippen molar-refractivity contribution in [2.24, 2.45) is 5.92 Å². The lowest BCUT2D eigenvalue weighted by atomic mass is 9.86. The van der Waals surface area contributed by atoms with Gasteiger partial charge in [0.2, 0.25) is 11.8 Å². The standard InChI is InChI=1S/C16H29N3O2/c1-10(2)13-14(20)17-16(4,5)15(21)19(13)12-7-8-18(6)11(3)9-12/h10-13H,7-9H2,1-6H3,(H,17,20). The first-order valence-corrected chi connectivity index (χ1v) is 8.00. The molecule has 2 aliphatic rings. The third kappa shape index (κ3) is 2.93. The Kier molecular flexibility index (Phi) is 4.34. The molecule has 2 rings (SSSR count). The Morgan fingerprint density at radius 2 is 1.90 bits per heavy atom. The lowest BCUT2D eigenvalue weighted by Crippen LogP contribution is -2.72. The predicted octanol–water partition coefficient (Wildman–Crippen LogP) is 1.23. The van der Waals surface area contributed by atoms with E-state index in [0.717, 1.165) is 19.4 Å². The number of hydrogen-bond donors (Lipinski definition) is 1. The van der Waals surface area contributed by atoms with Crippen LogP contribution in [0.3, 0.4) is 0 Å². The Morgan fingerprint density at radius 3 is 2.43 bits per heavy atom. The van der Waals surface area contributed by atoms with Gasteiger partial charge in [-0.25, -0.2) is 0 Å². The molecule has 0 aromatic rings. The summed E-state index contributed by atoms with van der Waals surface area (Å²) in [5.41, 5.74) is -0.797. The van der Waals surface area contributed by atoms with Crippen molar-refractivity contribution >= 4 is 11.8 Å². The summed E-state index contributed by atoms with van der Waals surface area (Å²) in [5.74, 6) is 0.170. The Morgan fingerprint density at radius 1 is 1.29 bits per heavy atom. The molecule has 1 N–H and O–H groups in total. The van der Waals surface area contributed by atoms with Crippen LogP contribution in [0.15, 0.2) is 0 Å². The number of hydrogen-bond acceptors (Lipinski definition) is 3. The van der Waals surface area contributed by atoms with E-state index in [-0.39, 0.29) is 29.8 Å². The normalized spacial score (nSPS) is 34.2. The number of amides is 2. The van der Waals surface area contributed by atoms with Crippen molar-refractivity contribution in [3.63, 3.8) is 0 Å². The number of likely N-dealkylation sites (tertiary alicyclic amines) is 1. The van der Waals surface area contributed by atoms with E-state index in [1.165, 1.54) is 0 Å². The van der Waals surface area contributed by atoms with Gasteiger partial charge in [0.05, 0.1) is 0 Å². The number of nitrogens with zero attached hydrogens (tertiary/aromatic N) is 2. The van der Waals surface area contributed by atoms with Crippen LogP contribution >= 0.6 is 0 Å². The molecule has 5 nitrogen and oxygen atoms in total. The number of nitrogens with one attached hydrogen (secondary N) is 1. The van der Waals surface area contributed by atoms with Crippen molar-refractivity contribution in [3.8, 4) is 0 Å². The van der Waals surface area contributed by atoms with E-state index in [2.05, 4.69) is 24.2 Å². The molecule has 120 valence electrons. The highest BCUT2D eigenvalue weighted by Gasteiger charge is 2.49. The maximum absolute atomic E-state index is 12.9. The highest BCUT2D eigenvalue weighted by molar-refractivity contribution is 5.99. The Balaban J connectivity index is 2.30.